The van der Waals surface area contributed by atoms with Crippen LogP contribution in [-0.2, 0) is 10.8 Å². The standard InChI is InChI=1S/C20H32/c1-9-11-15(10-2)16-12-17(19(3,4)5)14-18(13-16)20(6,7)8/h10,12-14H,9,11H2,1-8H3/b15-10-. The van der Waals surface area contributed by atoms with Crippen LogP contribution < -0.4 is 0 Å². The van der Waals surface area contributed by atoms with Gasteiger partial charge in [-0.25, -0.2) is 0 Å². The van der Waals surface area contributed by atoms with Crippen LogP contribution in [0.2, 0.25) is 0 Å². The zero-order valence-electron chi connectivity index (χ0n) is 14.7. The average Bonchev–Trinajstić information content (AvgIpc) is 2.33. The Labute approximate surface area is 126 Å². The van der Waals surface area contributed by atoms with Gasteiger partial charge in [-0.2, -0.15) is 0 Å². The smallest absolute Gasteiger partial charge is 0.0132 e. The maximum atomic E-state index is 2.39. The number of benzene rings is 1. The summed E-state index contributed by atoms with van der Waals surface area (Å²) in [6.45, 7) is 18.2. The Morgan fingerprint density at radius 2 is 1.35 bits per heavy atom. The molecule has 1 aromatic rings. The van der Waals surface area contributed by atoms with Crippen LogP contribution in [0.3, 0.4) is 0 Å². The van der Waals surface area contributed by atoms with Crippen LogP contribution >= 0.6 is 0 Å². The summed E-state index contributed by atoms with van der Waals surface area (Å²) in [7, 11) is 0. The van der Waals surface area contributed by atoms with E-state index >= 15 is 0 Å². The monoisotopic (exact) mass is 272 g/mol. The van der Waals surface area contributed by atoms with Crippen molar-refractivity contribution in [3.8, 4) is 0 Å². The molecular weight excluding hydrogens is 240 g/mol. The van der Waals surface area contributed by atoms with Gasteiger partial charge in [0.25, 0.3) is 0 Å². The van der Waals surface area contributed by atoms with Crippen LogP contribution in [0.15, 0.2) is 24.3 Å². The van der Waals surface area contributed by atoms with E-state index < -0.39 is 0 Å². The molecule has 0 amide bonds. The molecule has 0 nitrogen and oxygen atoms in total. The zero-order valence-corrected chi connectivity index (χ0v) is 14.7. The molecule has 0 atom stereocenters. The third kappa shape index (κ3) is 4.23. The van der Waals surface area contributed by atoms with Crippen LogP contribution in [0.5, 0.6) is 0 Å². The number of rotatable bonds is 3. The first-order chi connectivity index (χ1) is 9.09. The van der Waals surface area contributed by atoms with Gasteiger partial charge in [0.1, 0.15) is 0 Å². The SMILES string of the molecule is C/C=C(/CCC)c1cc(C(C)(C)C)cc(C(C)(C)C)c1. The van der Waals surface area contributed by atoms with E-state index in [-0.39, 0.29) is 10.8 Å². The molecule has 0 aliphatic carbocycles. The number of allylic oxidation sites excluding steroid dienone is 2. The van der Waals surface area contributed by atoms with Crippen molar-refractivity contribution in [2.45, 2.75) is 79.1 Å². The van der Waals surface area contributed by atoms with Crippen LogP contribution in [0, 0.1) is 0 Å². The Morgan fingerprint density at radius 1 is 0.900 bits per heavy atom. The van der Waals surface area contributed by atoms with Crippen molar-refractivity contribution in [3.63, 3.8) is 0 Å². The molecule has 0 radical (unpaired) electrons. The molecule has 0 saturated heterocycles. The summed E-state index contributed by atoms with van der Waals surface area (Å²) in [6.07, 6.45) is 4.63. The van der Waals surface area contributed by atoms with E-state index in [1.165, 1.54) is 28.7 Å². The van der Waals surface area contributed by atoms with E-state index in [2.05, 4.69) is 79.7 Å². The lowest BCUT2D eigenvalue weighted by Crippen LogP contribution is -2.17. The van der Waals surface area contributed by atoms with E-state index in [1.807, 2.05) is 0 Å². The van der Waals surface area contributed by atoms with E-state index in [1.54, 1.807) is 0 Å². The van der Waals surface area contributed by atoms with Crippen molar-refractivity contribution in [2.75, 3.05) is 0 Å². The quantitative estimate of drug-likeness (QED) is 0.590. The molecule has 0 fully saturated rings. The van der Waals surface area contributed by atoms with Crippen molar-refractivity contribution in [1.29, 1.82) is 0 Å². The van der Waals surface area contributed by atoms with Gasteiger partial charge in [-0.1, -0.05) is 79.2 Å². The Hall–Kier alpha value is -1.04. The van der Waals surface area contributed by atoms with Gasteiger partial charge in [-0.05, 0) is 46.4 Å². The highest BCUT2D eigenvalue weighted by atomic mass is 14.3. The summed E-state index contributed by atoms with van der Waals surface area (Å²) >= 11 is 0. The topological polar surface area (TPSA) is 0 Å². The third-order valence-corrected chi connectivity index (χ3v) is 3.90. The first-order valence-corrected chi connectivity index (χ1v) is 7.91. The first-order valence-electron chi connectivity index (χ1n) is 7.91. The second-order valence-electron chi connectivity index (χ2n) is 7.86. The highest BCUT2D eigenvalue weighted by molar-refractivity contribution is 5.67. The fourth-order valence-electron chi connectivity index (χ4n) is 2.40. The molecule has 0 aromatic heterocycles. The lowest BCUT2D eigenvalue weighted by Gasteiger charge is -2.26. The molecule has 0 aliphatic heterocycles. The van der Waals surface area contributed by atoms with E-state index in [9.17, 15) is 0 Å². The summed E-state index contributed by atoms with van der Waals surface area (Å²) in [5, 5.41) is 0. The van der Waals surface area contributed by atoms with Gasteiger partial charge in [0, 0.05) is 0 Å². The van der Waals surface area contributed by atoms with Gasteiger partial charge < -0.3 is 0 Å². The van der Waals surface area contributed by atoms with Crippen molar-refractivity contribution < 1.29 is 0 Å². The number of hydrogen-bond donors (Lipinski definition) is 0. The van der Waals surface area contributed by atoms with Crippen LogP contribution in [-0.4, -0.2) is 0 Å². The molecule has 112 valence electrons. The summed E-state index contributed by atoms with van der Waals surface area (Å²) < 4.78 is 0. The first kappa shape index (κ1) is 17.0. The lowest BCUT2D eigenvalue weighted by atomic mass is 9.78. The van der Waals surface area contributed by atoms with E-state index in [4.69, 9.17) is 0 Å². The molecule has 1 aromatic carbocycles. The lowest BCUT2D eigenvalue weighted by molar-refractivity contribution is 0.568. The second-order valence-corrected chi connectivity index (χ2v) is 7.86. The largest absolute Gasteiger partial charge is 0.0838 e. The minimum Gasteiger partial charge on any atom is -0.0838 e. The Kier molecular flexibility index (Phi) is 5.24. The van der Waals surface area contributed by atoms with Gasteiger partial charge in [-0.15, -0.1) is 0 Å². The minimum atomic E-state index is 0.196. The van der Waals surface area contributed by atoms with Crippen molar-refractivity contribution >= 4 is 5.57 Å². The van der Waals surface area contributed by atoms with Gasteiger partial charge >= 0.3 is 0 Å². The molecule has 0 aliphatic rings. The highest BCUT2D eigenvalue weighted by Crippen LogP contribution is 2.33. The maximum absolute atomic E-state index is 2.39. The molecular formula is C20H32. The van der Waals surface area contributed by atoms with E-state index in [0.717, 1.165) is 6.42 Å². The van der Waals surface area contributed by atoms with Crippen LogP contribution in [0.4, 0.5) is 0 Å². The molecule has 0 bridgehead atoms. The molecule has 0 heteroatoms. The molecule has 0 spiro atoms. The predicted molar refractivity (Wildman–Crippen MR) is 92.4 cm³/mol. The molecule has 0 unspecified atom stereocenters. The zero-order chi connectivity index (χ0) is 15.6. The van der Waals surface area contributed by atoms with Crippen molar-refractivity contribution in [3.05, 3.63) is 41.0 Å². The highest BCUT2D eigenvalue weighted by Gasteiger charge is 2.21. The van der Waals surface area contributed by atoms with Gasteiger partial charge in [-0.3, -0.25) is 0 Å². The molecule has 20 heavy (non-hydrogen) atoms. The Morgan fingerprint density at radius 3 is 1.65 bits per heavy atom. The van der Waals surface area contributed by atoms with Crippen molar-refractivity contribution in [2.24, 2.45) is 0 Å². The van der Waals surface area contributed by atoms with Gasteiger partial charge in [0.05, 0.1) is 0 Å². The fraction of sp³-hybridized carbons (Fsp3) is 0.600. The summed E-state index contributed by atoms with van der Waals surface area (Å²) in [5.41, 5.74) is 6.16. The fourth-order valence-corrected chi connectivity index (χ4v) is 2.40. The van der Waals surface area contributed by atoms with Gasteiger partial charge in [0.2, 0.25) is 0 Å². The van der Waals surface area contributed by atoms with E-state index in [0.29, 0.717) is 0 Å². The average molecular weight is 272 g/mol. The van der Waals surface area contributed by atoms with Crippen molar-refractivity contribution in [1.82, 2.24) is 0 Å². The Balaban J connectivity index is 3.46. The molecule has 0 heterocycles. The summed E-state index contributed by atoms with van der Waals surface area (Å²) in [6, 6.07) is 7.17. The maximum Gasteiger partial charge on any atom is -0.0132 e. The second kappa shape index (κ2) is 6.16. The van der Waals surface area contributed by atoms with Crippen LogP contribution in [0.1, 0.15) is 84.9 Å². The molecule has 1 rings (SSSR count). The number of hydrogen-bond acceptors (Lipinski definition) is 0. The minimum absolute atomic E-state index is 0.196. The summed E-state index contributed by atoms with van der Waals surface area (Å²) in [5.74, 6) is 0. The third-order valence-electron chi connectivity index (χ3n) is 3.90. The molecule has 0 N–H and O–H groups in total. The summed E-state index contributed by atoms with van der Waals surface area (Å²) in [4.78, 5) is 0. The van der Waals surface area contributed by atoms with Gasteiger partial charge in [0.15, 0.2) is 0 Å². The predicted octanol–water partition coefficient (Wildman–Crippen LogP) is 6.49. The normalized spacial score (nSPS) is 13.7. The Bertz CT molecular complexity index is 443. The molecule has 0 saturated carbocycles. The van der Waals surface area contributed by atoms with Crippen LogP contribution in [0.25, 0.3) is 5.57 Å².